The third-order valence-corrected chi connectivity index (χ3v) is 39.2. The summed E-state index contributed by atoms with van der Waals surface area (Å²) in [5.74, 6) is 2.07. The molecule has 680 valence electrons. The molecule has 6 saturated carbocycles. The second kappa shape index (κ2) is 34.9. The Kier molecular flexibility index (Phi) is 26.6. The Balaban J connectivity index is 0.000000126. The zero-order valence-corrected chi connectivity index (χ0v) is 82.2. The van der Waals surface area contributed by atoms with E-state index in [-0.39, 0.29) is 90.5 Å². The van der Waals surface area contributed by atoms with Crippen LogP contribution in [-0.2, 0) is 56.5 Å². The summed E-state index contributed by atoms with van der Waals surface area (Å²) in [4.78, 5) is 6.35. The Labute approximate surface area is 749 Å². The van der Waals surface area contributed by atoms with Crippen LogP contribution in [0.1, 0.15) is 283 Å². The number of nitrogens with zero attached hydrogens (tertiary/aromatic N) is 6. The Bertz CT molecular complexity index is 5340. The minimum absolute atomic E-state index is 0.0764. The lowest BCUT2D eigenvalue weighted by Gasteiger charge is -2.39. The number of thiazole rings is 1. The van der Waals surface area contributed by atoms with E-state index >= 15 is 0 Å². The van der Waals surface area contributed by atoms with Crippen molar-refractivity contribution in [1.82, 2.24) is 26.5 Å². The molecular weight excluding hydrogens is 1670 g/mol. The van der Waals surface area contributed by atoms with Gasteiger partial charge in [0, 0.05) is 79.4 Å². The van der Waals surface area contributed by atoms with Gasteiger partial charge in [-0.3, -0.25) is 0 Å². The number of benzene rings is 5. The van der Waals surface area contributed by atoms with Gasteiger partial charge in [0.05, 0.1) is 48.0 Å². The highest BCUT2D eigenvalue weighted by molar-refractivity contribution is 7.90. The van der Waals surface area contributed by atoms with Gasteiger partial charge in [-0.25, -0.2) is 47.1 Å². The Morgan fingerprint density at radius 3 is 1.02 bits per heavy atom. The van der Waals surface area contributed by atoms with Gasteiger partial charge < -0.3 is 9.15 Å². The molecule has 2 aromatic heterocycles. The molecule has 11 aliphatic rings. The maximum atomic E-state index is 13.3. The van der Waals surface area contributed by atoms with Crippen molar-refractivity contribution in [3.8, 4) is 28.3 Å². The van der Waals surface area contributed by atoms with E-state index in [1.54, 1.807) is 89.7 Å². The number of fused-ring (bicyclic) bond motifs is 10. The predicted octanol–water partition coefficient (Wildman–Crippen LogP) is 22.9. The first kappa shape index (κ1) is 94.5. The van der Waals surface area contributed by atoms with Crippen LogP contribution in [0.15, 0.2) is 180 Å². The number of unbranched alkanes of at least 4 members (excludes halogenated alkanes) is 1. The number of furan rings is 1. The summed E-state index contributed by atoms with van der Waals surface area (Å²) < 4.78 is 152. The fraction of sp³-hybridized carbons (Fsp3) is 0.630. The highest BCUT2D eigenvalue weighted by atomic mass is 32.2. The molecule has 18 nitrogen and oxygen atoms in total. The second-order valence-electron chi connectivity index (χ2n) is 45.5. The molecule has 0 N–H and O–H groups in total. The van der Waals surface area contributed by atoms with E-state index in [9.17, 15) is 42.1 Å². The first-order chi connectivity index (χ1) is 57.7. The lowest BCUT2D eigenvalue weighted by atomic mass is 9.65. The van der Waals surface area contributed by atoms with Crippen LogP contribution in [0.3, 0.4) is 0 Å². The SMILES string of the molecule is CC(C)Oc1ccc(S(=O)(=O)N2CC3(C)CC2CC(C)(C)C3)cc1.CC1(C)CC2CC(C)(CN2S(=O)(=O)c2ccc(-c3ccco3)cc2)C1.CC1(C)CC2CC(C)(CN2S(=O)(=O)c2ccc(-c3cscn3)cc2)C1.CC1(C)CC2CC(C)(CN2S(=O)(=O)c2ccc(C3CCCCC3)cc2)C1.CCCCc1ccc(S(=O)(=O)N2CC3(C)CC2CC(C)(C)C3)cc1. The average Bonchev–Trinajstić information content (AvgIpc) is 1.61. The molecule has 11 fully saturated rings. The molecule has 6 aliphatic carbocycles. The number of sulfonamides is 5. The van der Waals surface area contributed by atoms with Gasteiger partial charge in [-0.2, -0.15) is 21.5 Å². The lowest BCUT2D eigenvalue weighted by Crippen LogP contribution is -2.37. The number of rotatable bonds is 18. The molecule has 0 radical (unpaired) electrons. The molecule has 5 aliphatic heterocycles. The molecule has 5 aromatic carbocycles. The second-order valence-corrected chi connectivity index (χ2v) is 55.7. The summed E-state index contributed by atoms with van der Waals surface area (Å²) >= 11 is 1.54. The zero-order chi connectivity index (χ0) is 89.7. The minimum Gasteiger partial charge on any atom is -0.491 e. The van der Waals surface area contributed by atoms with Crippen molar-refractivity contribution in [2.45, 2.75) is 339 Å². The summed E-state index contributed by atoms with van der Waals surface area (Å²) in [7, 11) is -17.1. The smallest absolute Gasteiger partial charge is 0.243 e. The molecule has 10 atom stereocenters. The molecule has 124 heavy (non-hydrogen) atoms. The van der Waals surface area contributed by atoms with Gasteiger partial charge in [-0.1, -0.05) is 173 Å². The van der Waals surface area contributed by atoms with Crippen molar-refractivity contribution in [3.63, 3.8) is 0 Å². The van der Waals surface area contributed by atoms with Crippen molar-refractivity contribution in [2.75, 3.05) is 32.7 Å². The van der Waals surface area contributed by atoms with Crippen molar-refractivity contribution in [1.29, 1.82) is 0 Å². The van der Waals surface area contributed by atoms with E-state index in [1.165, 1.54) is 54.6 Å². The molecule has 0 amide bonds. The Morgan fingerprint density at radius 1 is 0.403 bits per heavy atom. The van der Waals surface area contributed by atoms with Gasteiger partial charge >= 0.3 is 0 Å². The van der Waals surface area contributed by atoms with E-state index < -0.39 is 50.1 Å². The van der Waals surface area contributed by atoms with Crippen LogP contribution in [0.25, 0.3) is 22.6 Å². The highest BCUT2D eigenvalue weighted by Gasteiger charge is 2.59. The van der Waals surface area contributed by atoms with E-state index in [0.717, 1.165) is 138 Å². The van der Waals surface area contributed by atoms with Gasteiger partial charge in [0.1, 0.15) is 11.5 Å². The van der Waals surface area contributed by atoms with Gasteiger partial charge in [-0.15, -0.1) is 11.3 Å². The van der Waals surface area contributed by atoms with Crippen molar-refractivity contribution in [2.24, 2.45) is 54.1 Å². The number of hydrogen-bond donors (Lipinski definition) is 0. The van der Waals surface area contributed by atoms with Crippen LogP contribution in [0, 0.1) is 54.1 Å². The van der Waals surface area contributed by atoms with Gasteiger partial charge in [-0.05, 0) is 304 Å². The fourth-order valence-corrected chi connectivity index (χ4v) is 35.5. The summed E-state index contributed by atoms with van der Waals surface area (Å²) in [6, 6.07) is 40.8. The molecule has 0 spiro atoms. The predicted molar refractivity (Wildman–Crippen MR) is 498 cm³/mol. The van der Waals surface area contributed by atoms with Crippen LogP contribution in [-0.4, -0.2) is 138 Å². The van der Waals surface area contributed by atoms with Crippen molar-refractivity contribution >= 4 is 61.5 Å². The summed E-state index contributed by atoms with van der Waals surface area (Å²) in [5.41, 5.74) is 8.66. The third-order valence-electron chi connectivity index (χ3n) is 29.0. The number of aryl methyl sites for hydroxylation is 1. The van der Waals surface area contributed by atoms with E-state index in [0.29, 0.717) is 68.9 Å². The number of aromatic nitrogens is 1. The largest absolute Gasteiger partial charge is 0.491 e. The third kappa shape index (κ3) is 21.0. The minimum atomic E-state index is -3.46. The summed E-state index contributed by atoms with van der Waals surface area (Å²) in [6.07, 6.45) is 26.6. The summed E-state index contributed by atoms with van der Waals surface area (Å²) in [5, 5.41) is 1.97. The average molecular weight is 1810 g/mol. The van der Waals surface area contributed by atoms with Crippen LogP contribution >= 0.6 is 11.3 Å². The Morgan fingerprint density at radius 2 is 0.718 bits per heavy atom. The molecule has 24 heteroatoms. The highest BCUT2D eigenvalue weighted by Crippen LogP contribution is 2.59. The molecule has 10 unspecified atom stereocenters. The molecular formula is C100H142N6O12S6. The first-order valence-electron chi connectivity index (χ1n) is 45.9. The monoisotopic (exact) mass is 1810 g/mol. The van der Waals surface area contributed by atoms with Gasteiger partial charge in [0.2, 0.25) is 50.1 Å². The van der Waals surface area contributed by atoms with Crippen LogP contribution in [0.5, 0.6) is 5.75 Å². The fourth-order valence-electron chi connectivity index (χ4n) is 26.0. The zero-order valence-electron chi connectivity index (χ0n) is 77.3. The number of ether oxygens (including phenoxy) is 1. The topological polar surface area (TPSA) is 222 Å². The van der Waals surface area contributed by atoms with E-state index in [2.05, 4.69) is 128 Å². The standard InChI is InChI=1S/C22H33NO2S.C20H25NO3S.C20H31NO2S.C19H24N2O2S2.C19H29NO3S/c1-21(2)13-19-14-22(3,15-21)16-23(19)26(24,25)20-11-9-18(10-12-20)17-7-5-4-6-8-17;1-19(2)11-16-12-20(3,13-19)14-21(16)25(22,23)17-8-6-15(7-9-17)18-5-4-10-24-18;1-5-6-7-16-8-10-18(11-9-16)24(22,23)21-15-20(4)13-17(21)12-19(2,3)14-20;1-18(2)8-15-9-19(3,11-18)12-21(15)25(22,23)16-6-4-14(5-7-16)17-10-24-13-20-17;1-14(2)23-16-6-8-17(9-7-16)24(21,22)20-13-19(5)11-15(20)10-18(3,4)12-19/h9-12,17,19H,4-8,13-16H2,1-3H3;4-10,16H,11-14H2,1-3H3;8-11,17H,5-7,12-15H2,1-4H3;4-7,10,13,15H,8-9,11-12H2,1-3H3;6-9,14-15H,10-13H2,1-5H3. The maximum Gasteiger partial charge on any atom is 0.243 e. The maximum absolute atomic E-state index is 13.3. The van der Waals surface area contributed by atoms with Gasteiger partial charge in [0.15, 0.2) is 0 Å². The molecule has 7 aromatic rings. The molecule has 7 heterocycles. The normalized spacial score (nSPS) is 30.1. The summed E-state index contributed by atoms with van der Waals surface area (Å²) in [6.45, 7) is 43.2. The van der Waals surface area contributed by atoms with Crippen molar-refractivity contribution < 1.29 is 51.2 Å². The van der Waals surface area contributed by atoms with E-state index in [4.69, 9.17) is 9.15 Å². The molecule has 5 saturated heterocycles. The number of hydrogen-bond acceptors (Lipinski definition) is 14. The van der Waals surface area contributed by atoms with Crippen LogP contribution < -0.4 is 4.74 Å². The van der Waals surface area contributed by atoms with E-state index in [1.807, 2.05) is 84.2 Å². The van der Waals surface area contributed by atoms with Crippen molar-refractivity contribution in [3.05, 3.63) is 162 Å². The quantitative estimate of drug-likeness (QED) is 0.0781. The molecule has 18 rings (SSSR count). The van der Waals surface area contributed by atoms with Gasteiger partial charge in [0.25, 0.3) is 0 Å². The van der Waals surface area contributed by atoms with Crippen LogP contribution in [0.4, 0.5) is 0 Å². The van der Waals surface area contributed by atoms with Crippen LogP contribution in [0.2, 0.25) is 0 Å². The Hall–Kier alpha value is -5.64. The lowest BCUT2D eigenvalue weighted by molar-refractivity contribution is 0.132. The molecule has 10 bridgehead atoms. The first-order valence-corrected chi connectivity index (χ1v) is 54.0.